The third kappa shape index (κ3) is 3.18. The number of carbonyl (C=O) groups is 1. The van der Waals surface area contributed by atoms with E-state index in [0.717, 1.165) is 48.4 Å². The van der Waals surface area contributed by atoms with E-state index in [1.54, 1.807) is 12.6 Å². The normalized spacial score (nSPS) is 13.3. The summed E-state index contributed by atoms with van der Waals surface area (Å²) in [6.07, 6.45) is 7.46. The summed E-state index contributed by atoms with van der Waals surface area (Å²) in [6.45, 7) is 0.363. The summed E-state index contributed by atoms with van der Waals surface area (Å²) in [6, 6.07) is 11.3. The number of hydrogen-bond donors (Lipinski definition) is 1. The predicted molar refractivity (Wildman–Crippen MR) is 94.0 cm³/mol. The lowest BCUT2D eigenvalue weighted by Gasteiger charge is -2.18. The molecule has 5 heteroatoms. The van der Waals surface area contributed by atoms with Crippen LogP contribution in [-0.2, 0) is 19.4 Å². The first-order valence-electron chi connectivity index (χ1n) is 8.55. The van der Waals surface area contributed by atoms with Crippen molar-refractivity contribution < 1.29 is 9.21 Å². The molecule has 2 heterocycles. The molecule has 0 unspecified atom stereocenters. The highest BCUT2D eigenvalue weighted by Crippen LogP contribution is 2.30. The zero-order valence-corrected chi connectivity index (χ0v) is 13.9. The highest BCUT2D eigenvalue weighted by molar-refractivity contribution is 6.00. The highest BCUT2D eigenvalue weighted by atomic mass is 16.3. The fourth-order valence-electron chi connectivity index (χ4n) is 3.32. The molecule has 0 aliphatic heterocycles. The molecular weight excluding hydrogens is 314 g/mol. The second-order valence-electron chi connectivity index (χ2n) is 6.16. The topological polar surface area (TPSA) is 68.0 Å². The third-order valence-electron chi connectivity index (χ3n) is 4.56. The molecule has 1 amide bonds. The maximum atomic E-state index is 12.7. The first-order valence-corrected chi connectivity index (χ1v) is 8.55. The number of benzene rings is 1. The van der Waals surface area contributed by atoms with Crippen LogP contribution in [0.2, 0.25) is 0 Å². The molecule has 1 aliphatic rings. The second kappa shape index (κ2) is 6.89. The summed E-state index contributed by atoms with van der Waals surface area (Å²) < 4.78 is 5.27. The standard InChI is InChI=1S/C20H19N3O2/c24-20(21-12-14-6-5-11-25-14)16-8-2-1-7-15(16)19-17-9-3-4-10-18(17)22-13-23-19/h1-2,5-8,11,13H,3-4,9-10,12H2,(H,21,24). The molecule has 4 rings (SSSR count). The van der Waals surface area contributed by atoms with E-state index in [9.17, 15) is 4.79 Å². The molecule has 3 aromatic rings. The van der Waals surface area contributed by atoms with Crippen LogP contribution in [0.1, 0.15) is 40.2 Å². The van der Waals surface area contributed by atoms with Crippen LogP contribution in [0, 0.1) is 0 Å². The minimum atomic E-state index is -0.129. The predicted octanol–water partition coefficient (Wildman–Crippen LogP) is 3.55. The summed E-state index contributed by atoms with van der Waals surface area (Å²) in [7, 11) is 0. The van der Waals surface area contributed by atoms with Crippen molar-refractivity contribution in [3.05, 3.63) is 71.6 Å². The Balaban J connectivity index is 1.66. The van der Waals surface area contributed by atoms with Crippen molar-refractivity contribution in [3.8, 4) is 11.3 Å². The number of carbonyl (C=O) groups excluding carboxylic acids is 1. The largest absolute Gasteiger partial charge is 0.467 e. The van der Waals surface area contributed by atoms with Gasteiger partial charge in [-0.3, -0.25) is 4.79 Å². The Hall–Kier alpha value is -2.95. The summed E-state index contributed by atoms with van der Waals surface area (Å²) in [4.78, 5) is 21.6. The van der Waals surface area contributed by atoms with Crippen LogP contribution >= 0.6 is 0 Å². The fraction of sp³-hybridized carbons (Fsp3) is 0.250. The number of aryl methyl sites for hydroxylation is 1. The van der Waals surface area contributed by atoms with Gasteiger partial charge in [0.1, 0.15) is 12.1 Å². The van der Waals surface area contributed by atoms with Crippen molar-refractivity contribution in [2.24, 2.45) is 0 Å². The van der Waals surface area contributed by atoms with Gasteiger partial charge in [-0.1, -0.05) is 18.2 Å². The van der Waals surface area contributed by atoms with Gasteiger partial charge in [0.15, 0.2) is 0 Å². The zero-order valence-electron chi connectivity index (χ0n) is 13.9. The monoisotopic (exact) mass is 333 g/mol. The smallest absolute Gasteiger partial charge is 0.252 e. The van der Waals surface area contributed by atoms with Crippen LogP contribution in [0.25, 0.3) is 11.3 Å². The van der Waals surface area contributed by atoms with Crippen LogP contribution in [-0.4, -0.2) is 15.9 Å². The second-order valence-corrected chi connectivity index (χ2v) is 6.16. The molecule has 5 nitrogen and oxygen atoms in total. The molecule has 0 bridgehead atoms. The SMILES string of the molecule is O=C(NCc1ccco1)c1ccccc1-c1ncnc2c1CCCC2. The van der Waals surface area contributed by atoms with Crippen molar-refractivity contribution in [2.75, 3.05) is 0 Å². The number of furan rings is 1. The Morgan fingerprint density at radius 2 is 1.96 bits per heavy atom. The summed E-state index contributed by atoms with van der Waals surface area (Å²) >= 11 is 0. The van der Waals surface area contributed by atoms with E-state index >= 15 is 0 Å². The molecule has 0 spiro atoms. The van der Waals surface area contributed by atoms with Crippen molar-refractivity contribution >= 4 is 5.91 Å². The van der Waals surface area contributed by atoms with Gasteiger partial charge in [-0.15, -0.1) is 0 Å². The van der Waals surface area contributed by atoms with Gasteiger partial charge in [-0.2, -0.15) is 0 Å². The van der Waals surface area contributed by atoms with E-state index < -0.39 is 0 Å². The molecule has 1 N–H and O–H groups in total. The highest BCUT2D eigenvalue weighted by Gasteiger charge is 2.20. The Kier molecular flexibility index (Phi) is 4.29. The van der Waals surface area contributed by atoms with Crippen LogP contribution in [0.3, 0.4) is 0 Å². The quantitative estimate of drug-likeness (QED) is 0.793. The number of aromatic nitrogens is 2. The van der Waals surface area contributed by atoms with Gasteiger partial charge in [0.25, 0.3) is 5.91 Å². The molecule has 0 saturated carbocycles. The summed E-state index contributed by atoms with van der Waals surface area (Å²) in [5.74, 6) is 0.598. The maximum absolute atomic E-state index is 12.7. The van der Waals surface area contributed by atoms with Gasteiger partial charge < -0.3 is 9.73 Å². The first-order chi connectivity index (χ1) is 12.3. The molecule has 1 aliphatic carbocycles. The molecule has 126 valence electrons. The van der Waals surface area contributed by atoms with E-state index in [4.69, 9.17) is 4.42 Å². The van der Waals surface area contributed by atoms with Gasteiger partial charge >= 0.3 is 0 Å². The van der Waals surface area contributed by atoms with E-state index in [-0.39, 0.29) is 5.91 Å². The average molecular weight is 333 g/mol. The Bertz CT molecular complexity index is 888. The van der Waals surface area contributed by atoms with Crippen LogP contribution < -0.4 is 5.32 Å². The third-order valence-corrected chi connectivity index (χ3v) is 4.56. The van der Waals surface area contributed by atoms with Gasteiger partial charge in [-0.25, -0.2) is 9.97 Å². The van der Waals surface area contributed by atoms with Gasteiger partial charge in [0, 0.05) is 22.4 Å². The average Bonchev–Trinajstić information content (AvgIpc) is 3.19. The van der Waals surface area contributed by atoms with E-state index in [2.05, 4.69) is 15.3 Å². The molecule has 0 saturated heterocycles. The lowest BCUT2D eigenvalue weighted by Crippen LogP contribution is -2.23. The van der Waals surface area contributed by atoms with Gasteiger partial charge in [-0.05, 0) is 43.9 Å². The fourth-order valence-corrected chi connectivity index (χ4v) is 3.32. The Labute approximate surface area is 146 Å². The number of rotatable bonds is 4. The molecular formula is C20H19N3O2. The molecule has 0 atom stereocenters. The number of hydrogen-bond acceptors (Lipinski definition) is 4. The van der Waals surface area contributed by atoms with E-state index in [0.29, 0.717) is 12.1 Å². The number of nitrogens with zero attached hydrogens (tertiary/aromatic N) is 2. The van der Waals surface area contributed by atoms with Crippen LogP contribution in [0.4, 0.5) is 0 Å². The number of amides is 1. The lowest BCUT2D eigenvalue weighted by molar-refractivity contribution is 0.0948. The molecule has 25 heavy (non-hydrogen) atoms. The summed E-state index contributed by atoms with van der Waals surface area (Å²) in [5, 5.41) is 2.92. The van der Waals surface area contributed by atoms with Crippen molar-refractivity contribution in [1.82, 2.24) is 15.3 Å². The molecule has 2 aromatic heterocycles. The van der Waals surface area contributed by atoms with E-state index in [1.165, 1.54) is 5.56 Å². The number of nitrogens with one attached hydrogen (secondary N) is 1. The molecule has 1 aromatic carbocycles. The molecule has 0 fully saturated rings. The van der Waals surface area contributed by atoms with Crippen LogP contribution in [0.15, 0.2) is 53.4 Å². The Morgan fingerprint density at radius 1 is 1.08 bits per heavy atom. The van der Waals surface area contributed by atoms with Crippen molar-refractivity contribution in [3.63, 3.8) is 0 Å². The first kappa shape index (κ1) is 15.6. The number of fused-ring (bicyclic) bond motifs is 1. The summed E-state index contributed by atoms with van der Waals surface area (Å²) in [5.41, 5.74) is 4.66. The minimum absolute atomic E-state index is 0.129. The maximum Gasteiger partial charge on any atom is 0.252 e. The molecule has 0 radical (unpaired) electrons. The van der Waals surface area contributed by atoms with Crippen molar-refractivity contribution in [2.45, 2.75) is 32.2 Å². The Morgan fingerprint density at radius 3 is 2.84 bits per heavy atom. The van der Waals surface area contributed by atoms with Gasteiger partial charge in [0.05, 0.1) is 18.5 Å². The van der Waals surface area contributed by atoms with E-state index in [1.807, 2.05) is 36.4 Å². The lowest BCUT2D eigenvalue weighted by atomic mass is 9.91. The van der Waals surface area contributed by atoms with Crippen LogP contribution in [0.5, 0.6) is 0 Å². The van der Waals surface area contributed by atoms with Gasteiger partial charge in [0.2, 0.25) is 0 Å². The zero-order chi connectivity index (χ0) is 17.1. The minimum Gasteiger partial charge on any atom is -0.467 e. The van der Waals surface area contributed by atoms with Crippen molar-refractivity contribution in [1.29, 1.82) is 0 Å².